The van der Waals surface area contributed by atoms with E-state index in [2.05, 4.69) is 15.6 Å². The summed E-state index contributed by atoms with van der Waals surface area (Å²) < 4.78 is 11.9. The van der Waals surface area contributed by atoms with Gasteiger partial charge in [-0.2, -0.15) is 0 Å². The summed E-state index contributed by atoms with van der Waals surface area (Å²) in [6.07, 6.45) is 2.07. The Morgan fingerprint density at radius 2 is 1.92 bits per heavy atom. The molecule has 3 heterocycles. The van der Waals surface area contributed by atoms with Crippen LogP contribution >= 0.6 is 12.2 Å². The van der Waals surface area contributed by atoms with Gasteiger partial charge in [0.2, 0.25) is 5.91 Å². The van der Waals surface area contributed by atoms with Gasteiger partial charge in [-0.05, 0) is 60.7 Å². The van der Waals surface area contributed by atoms with Crippen molar-refractivity contribution in [3.63, 3.8) is 0 Å². The van der Waals surface area contributed by atoms with Gasteiger partial charge in [0.1, 0.15) is 23.3 Å². The van der Waals surface area contributed by atoms with Crippen molar-refractivity contribution in [1.29, 1.82) is 0 Å². The Morgan fingerprint density at radius 3 is 2.59 bits per heavy atom. The number of pyridine rings is 1. The molecule has 10 heteroatoms. The highest BCUT2D eigenvalue weighted by Crippen LogP contribution is 2.44. The van der Waals surface area contributed by atoms with Crippen LogP contribution in [0.25, 0.3) is 11.3 Å². The largest absolute Gasteiger partial charge is 0.494 e. The van der Waals surface area contributed by atoms with E-state index in [0.29, 0.717) is 34.5 Å². The van der Waals surface area contributed by atoms with Gasteiger partial charge in [0.25, 0.3) is 0 Å². The zero-order chi connectivity index (χ0) is 27.5. The Hall–Kier alpha value is -4.70. The van der Waals surface area contributed by atoms with Crippen LogP contribution in [0.5, 0.6) is 5.75 Å². The topological polar surface area (TPSA) is 117 Å². The average molecular weight is 543 g/mol. The molecule has 2 aromatic carbocycles. The van der Waals surface area contributed by atoms with Gasteiger partial charge < -0.3 is 29.8 Å². The number of amides is 1. The van der Waals surface area contributed by atoms with Gasteiger partial charge in [-0.25, -0.2) is 4.79 Å². The number of nitrogens with one attached hydrogen (secondary N) is 2. The Labute approximate surface area is 230 Å². The lowest BCUT2D eigenvalue weighted by Gasteiger charge is -2.27. The van der Waals surface area contributed by atoms with E-state index in [1.807, 2.05) is 47.4 Å². The van der Waals surface area contributed by atoms with Gasteiger partial charge in [0.05, 0.1) is 30.1 Å². The maximum atomic E-state index is 12.0. The first-order valence-electron chi connectivity index (χ1n) is 12.3. The molecule has 9 nitrogen and oxygen atoms in total. The number of carboxylic acids is 1. The van der Waals surface area contributed by atoms with E-state index in [9.17, 15) is 14.7 Å². The van der Waals surface area contributed by atoms with Gasteiger partial charge in [-0.1, -0.05) is 25.1 Å². The molecule has 1 fully saturated rings. The molecule has 2 atom stereocenters. The summed E-state index contributed by atoms with van der Waals surface area (Å²) >= 11 is 5.80. The van der Waals surface area contributed by atoms with Crippen molar-refractivity contribution < 1.29 is 23.8 Å². The van der Waals surface area contributed by atoms with Crippen molar-refractivity contribution in [3.8, 4) is 17.1 Å². The fraction of sp³-hybridized carbons (Fsp3) is 0.172. The van der Waals surface area contributed by atoms with Crippen LogP contribution < -0.4 is 20.3 Å². The standard InChI is InChI=1S/C29H26N4O5S/c1-3-25(34)31-20-12-11-19(16-24(20)37-2)33-27(26(32-29(33)39)21-6-4-5-15-30-21)23-14-13-22(38-23)17-7-9-18(10-8-17)28(35)36/h4-16,26-27H,3H2,1-2H3,(H,31,34)(H,32,39)(H,35,36)/t26-,27+/m0/s1. The van der Waals surface area contributed by atoms with E-state index in [0.717, 1.165) is 16.9 Å². The molecule has 198 valence electrons. The molecule has 0 bridgehead atoms. The zero-order valence-electron chi connectivity index (χ0n) is 21.3. The maximum Gasteiger partial charge on any atom is 0.335 e. The Morgan fingerprint density at radius 1 is 1.13 bits per heavy atom. The lowest BCUT2D eigenvalue weighted by Crippen LogP contribution is -2.29. The van der Waals surface area contributed by atoms with Crippen LogP contribution in [0.4, 0.5) is 11.4 Å². The summed E-state index contributed by atoms with van der Waals surface area (Å²) in [5, 5.41) is 15.9. The van der Waals surface area contributed by atoms with Gasteiger partial charge in [-0.15, -0.1) is 0 Å². The molecular weight excluding hydrogens is 516 g/mol. The molecule has 3 N–H and O–H groups in total. The number of nitrogens with zero attached hydrogens (tertiary/aromatic N) is 2. The van der Waals surface area contributed by atoms with Gasteiger partial charge in [0.15, 0.2) is 5.11 Å². The first kappa shape index (κ1) is 25.9. The number of carbonyl (C=O) groups is 2. The van der Waals surface area contributed by atoms with Crippen molar-refractivity contribution in [1.82, 2.24) is 10.3 Å². The fourth-order valence-electron chi connectivity index (χ4n) is 4.54. The number of carboxylic acid groups (broad SMARTS) is 1. The molecule has 0 unspecified atom stereocenters. The summed E-state index contributed by atoms with van der Waals surface area (Å²) in [5.41, 5.74) is 3.04. The van der Waals surface area contributed by atoms with Crippen LogP contribution in [0.3, 0.4) is 0 Å². The average Bonchev–Trinajstić information content (AvgIpc) is 3.58. The Kier molecular flexibility index (Phi) is 7.29. The predicted molar refractivity (Wildman–Crippen MR) is 151 cm³/mol. The second kappa shape index (κ2) is 11.0. The Balaban J connectivity index is 1.55. The molecule has 2 aromatic heterocycles. The van der Waals surface area contributed by atoms with Crippen LogP contribution in [0.1, 0.15) is 47.2 Å². The number of hydrogen-bond donors (Lipinski definition) is 3. The highest BCUT2D eigenvalue weighted by Gasteiger charge is 2.42. The quantitative estimate of drug-likeness (QED) is 0.246. The van der Waals surface area contributed by atoms with Crippen LogP contribution in [0.2, 0.25) is 0 Å². The molecule has 4 aromatic rings. The van der Waals surface area contributed by atoms with Crippen molar-refractivity contribution in [2.45, 2.75) is 25.4 Å². The van der Waals surface area contributed by atoms with Crippen molar-refractivity contribution in [3.05, 3.63) is 96.0 Å². The number of benzene rings is 2. The van der Waals surface area contributed by atoms with E-state index in [-0.39, 0.29) is 17.5 Å². The summed E-state index contributed by atoms with van der Waals surface area (Å²) in [7, 11) is 1.55. The highest BCUT2D eigenvalue weighted by molar-refractivity contribution is 7.80. The number of rotatable bonds is 8. The second-order valence-electron chi connectivity index (χ2n) is 8.87. The zero-order valence-corrected chi connectivity index (χ0v) is 22.1. The number of hydrogen-bond acceptors (Lipinski definition) is 6. The monoisotopic (exact) mass is 542 g/mol. The molecule has 0 saturated carbocycles. The molecule has 0 spiro atoms. The third kappa shape index (κ3) is 5.19. The van der Waals surface area contributed by atoms with Gasteiger partial charge in [-0.3, -0.25) is 9.78 Å². The smallest absolute Gasteiger partial charge is 0.335 e. The molecule has 1 amide bonds. The van der Waals surface area contributed by atoms with Gasteiger partial charge in [0, 0.05) is 29.9 Å². The first-order valence-corrected chi connectivity index (χ1v) is 12.7. The highest BCUT2D eigenvalue weighted by atomic mass is 32.1. The normalized spacial score (nSPS) is 16.6. The van der Waals surface area contributed by atoms with E-state index >= 15 is 0 Å². The van der Waals surface area contributed by atoms with Crippen molar-refractivity contribution in [2.24, 2.45) is 0 Å². The van der Waals surface area contributed by atoms with Crippen molar-refractivity contribution >= 4 is 40.6 Å². The summed E-state index contributed by atoms with van der Waals surface area (Å²) in [6, 6.07) is 20.7. The molecule has 1 aliphatic rings. The molecule has 1 aliphatic heterocycles. The number of thiocarbonyl (C=S) groups is 1. The molecule has 39 heavy (non-hydrogen) atoms. The molecule has 0 radical (unpaired) electrons. The number of anilines is 2. The summed E-state index contributed by atoms with van der Waals surface area (Å²) in [5.74, 6) is 0.618. The minimum atomic E-state index is -0.989. The third-order valence-corrected chi connectivity index (χ3v) is 6.81. The summed E-state index contributed by atoms with van der Waals surface area (Å²) in [4.78, 5) is 29.7. The van der Waals surface area contributed by atoms with Crippen LogP contribution in [0.15, 0.2) is 83.4 Å². The van der Waals surface area contributed by atoms with E-state index in [1.165, 1.54) is 0 Å². The lowest BCUT2D eigenvalue weighted by molar-refractivity contribution is -0.115. The Bertz CT molecular complexity index is 1520. The maximum absolute atomic E-state index is 12.0. The number of ether oxygens (including phenoxy) is 1. The third-order valence-electron chi connectivity index (χ3n) is 6.49. The molecule has 0 aliphatic carbocycles. The van der Waals surface area contributed by atoms with E-state index < -0.39 is 12.0 Å². The van der Waals surface area contributed by atoms with Gasteiger partial charge >= 0.3 is 5.97 Å². The second-order valence-corrected chi connectivity index (χ2v) is 9.25. The van der Waals surface area contributed by atoms with E-state index in [1.54, 1.807) is 50.6 Å². The lowest BCUT2D eigenvalue weighted by atomic mass is 10.0. The number of carbonyl (C=O) groups excluding carboxylic acids is 1. The molecular formula is C29H26N4O5S. The van der Waals surface area contributed by atoms with Crippen molar-refractivity contribution in [2.75, 3.05) is 17.3 Å². The number of aromatic nitrogens is 1. The minimum Gasteiger partial charge on any atom is -0.494 e. The van der Waals surface area contributed by atoms with Crippen LogP contribution in [-0.4, -0.2) is 34.2 Å². The predicted octanol–water partition coefficient (Wildman–Crippen LogP) is 5.57. The molecule has 5 rings (SSSR count). The summed E-state index contributed by atoms with van der Waals surface area (Å²) in [6.45, 7) is 1.78. The first-order chi connectivity index (χ1) is 18.9. The fourth-order valence-corrected chi connectivity index (χ4v) is 4.88. The van der Waals surface area contributed by atoms with Crippen LogP contribution in [-0.2, 0) is 4.79 Å². The van der Waals surface area contributed by atoms with Crippen LogP contribution in [0, 0.1) is 0 Å². The minimum absolute atomic E-state index is 0.119. The SMILES string of the molecule is CCC(=O)Nc1ccc(N2C(=S)N[C@@H](c3ccccn3)[C@H]2c2ccc(-c3ccc(C(=O)O)cc3)o2)cc1OC. The van der Waals surface area contributed by atoms with E-state index in [4.69, 9.17) is 21.4 Å². The number of methoxy groups -OCH3 is 1. The number of furan rings is 1. The number of aromatic carboxylic acids is 1. The molecule has 1 saturated heterocycles.